The van der Waals surface area contributed by atoms with Crippen molar-refractivity contribution in [2.45, 2.75) is 6.18 Å². The summed E-state index contributed by atoms with van der Waals surface area (Å²) in [5.74, 6) is 5.99. The Bertz CT molecular complexity index is 1510. The number of ether oxygens (including phenoxy) is 1. The van der Waals surface area contributed by atoms with E-state index < -0.39 is 17.6 Å². The van der Waals surface area contributed by atoms with Crippen molar-refractivity contribution in [1.29, 1.82) is 0 Å². The van der Waals surface area contributed by atoms with Crippen molar-refractivity contribution >= 4 is 22.6 Å². The van der Waals surface area contributed by atoms with Crippen molar-refractivity contribution in [3.63, 3.8) is 0 Å². The van der Waals surface area contributed by atoms with Gasteiger partial charge in [-0.15, -0.1) is 0 Å². The second kappa shape index (κ2) is 9.97. The molecule has 7 nitrogen and oxygen atoms in total. The number of carbonyl (C=O) groups excluding carboxylic acids is 1. The van der Waals surface area contributed by atoms with Gasteiger partial charge in [-0.05, 0) is 48.5 Å². The second-order valence-electron chi connectivity index (χ2n) is 8.42. The predicted molar refractivity (Wildman–Crippen MR) is 131 cm³/mol. The number of rotatable bonds is 3. The highest BCUT2D eigenvalue weighted by Gasteiger charge is 2.29. The average molecular weight is 506 g/mol. The topological polar surface area (TPSA) is 90.5 Å². The van der Waals surface area contributed by atoms with Crippen molar-refractivity contribution < 1.29 is 27.9 Å². The standard InChI is InChI=1S/C27H21F3N4O3/c28-27(29,30)21-8-5-17(6-9-21)4-7-18-15-22-23(16-24(18)34-10-12-37-13-11-34)32-25(31-22)19-2-1-3-20(14-19)26(35)33-36/h1-3,5-6,8-9,14-16,36H,10-13H2,(H,31,32)(H,33,35). The van der Waals surface area contributed by atoms with Crippen molar-refractivity contribution in [1.82, 2.24) is 15.4 Å². The SMILES string of the molecule is O=C(NO)c1cccc(-c2nc3cc(N4CCOCC4)c(C#Cc4ccc(C(F)(F)F)cc4)cc3[nH]2)c1. The van der Waals surface area contributed by atoms with Crippen molar-refractivity contribution in [2.75, 3.05) is 31.2 Å². The molecule has 1 aromatic heterocycles. The predicted octanol–water partition coefficient (Wildman–Crippen LogP) is 4.60. The van der Waals surface area contributed by atoms with E-state index in [9.17, 15) is 18.0 Å². The molecule has 5 rings (SSSR count). The summed E-state index contributed by atoms with van der Waals surface area (Å²) in [6, 6.07) is 15.2. The van der Waals surface area contributed by atoms with Crippen LogP contribution in [0.4, 0.5) is 18.9 Å². The Kier molecular flexibility index (Phi) is 6.56. The van der Waals surface area contributed by atoms with Crippen LogP contribution in [0.5, 0.6) is 0 Å². The highest BCUT2D eigenvalue weighted by atomic mass is 19.4. The quantitative estimate of drug-likeness (QED) is 0.215. The molecule has 3 N–H and O–H groups in total. The molecule has 1 fully saturated rings. The summed E-state index contributed by atoms with van der Waals surface area (Å²) in [7, 11) is 0. The number of hydroxylamine groups is 1. The average Bonchev–Trinajstić information content (AvgIpc) is 3.34. The van der Waals surface area contributed by atoms with Gasteiger partial charge in [0.05, 0.1) is 41.1 Å². The number of fused-ring (bicyclic) bond motifs is 1. The van der Waals surface area contributed by atoms with E-state index in [4.69, 9.17) is 14.9 Å². The molecule has 1 aliphatic rings. The van der Waals surface area contributed by atoms with Gasteiger partial charge < -0.3 is 14.6 Å². The summed E-state index contributed by atoms with van der Waals surface area (Å²) in [6.45, 7) is 2.46. The Morgan fingerprint density at radius 1 is 1.05 bits per heavy atom. The first-order valence-electron chi connectivity index (χ1n) is 11.4. The van der Waals surface area contributed by atoms with E-state index >= 15 is 0 Å². The van der Waals surface area contributed by atoms with Crippen LogP contribution >= 0.6 is 0 Å². The fraction of sp³-hybridized carbons (Fsp3) is 0.185. The lowest BCUT2D eigenvalue weighted by Gasteiger charge is -2.29. The van der Waals surface area contributed by atoms with Crippen molar-refractivity contribution in [3.8, 4) is 23.2 Å². The summed E-state index contributed by atoms with van der Waals surface area (Å²) in [4.78, 5) is 21.9. The van der Waals surface area contributed by atoms with Crippen LogP contribution in [-0.4, -0.2) is 47.4 Å². The molecule has 188 valence electrons. The highest BCUT2D eigenvalue weighted by molar-refractivity contribution is 5.94. The van der Waals surface area contributed by atoms with Crippen LogP contribution < -0.4 is 10.4 Å². The smallest absolute Gasteiger partial charge is 0.378 e. The molecule has 1 saturated heterocycles. The first-order valence-corrected chi connectivity index (χ1v) is 11.4. The summed E-state index contributed by atoms with van der Waals surface area (Å²) in [5, 5.41) is 8.93. The molecule has 4 aromatic rings. The van der Waals surface area contributed by atoms with Gasteiger partial charge in [-0.1, -0.05) is 24.0 Å². The summed E-state index contributed by atoms with van der Waals surface area (Å²) in [5.41, 5.74) is 5.23. The molecule has 0 bridgehead atoms. The lowest BCUT2D eigenvalue weighted by Crippen LogP contribution is -2.36. The van der Waals surface area contributed by atoms with Crippen LogP contribution in [0.25, 0.3) is 22.4 Å². The minimum absolute atomic E-state index is 0.276. The molecule has 1 aliphatic heterocycles. The Morgan fingerprint density at radius 2 is 1.81 bits per heavy atom. The Hall–Kier alpha value is -4.33. The number of hydrogen-bond acceptors (Lipinski definition) is 5. The van der Waals surface area contributed by atoms with Crippen LogP contribution in [0.3, 0.4) is 0 Å². The van der Waals surface area contributed by atoms with E-state index in [2.05, 4.69) is 21.7 Å². The maximum atomic E-state index is 12.9. The molecule has 0 unspecified atom stereocenters. The Labute approximate surface area is 209 Å². The normalized spacial score (nSPS) is 13.8. The Balaban J connectivity index is 1.55. The zero-order valence-corrected chi connectivity index (χ0v) is 19.4. The monoisotopic (exact) mass is 506 g/mol. The largest absolute Gasteiger partial charge is 0.416 e. The Morgan fingerprint density at radius 3 is 2.51 bits per heavy atom. The third-order valence-corrected chi connectivity index (χ3v) is 6.00. The molecule has 2 heterocycles. The van der Waals surface area contributed by atoms with Crippen LogP contribution in [0.1, 0.15) is 27.0 Å². The number of nitrogens with one attached hydrogen (secondary N) is 2. The lowest BCUT2D eigenvalue weighted by atomic mass is 10.1. The molecule has 0 saturated carbocycles. The maximum absolute atomic E-state index is 12.9. The zero-order valence-electron chi connectivity index (χ0n) is 19.4. The molecular weight excluding hydrogens is 485 g/mol. The molecule has 1 amide bonds. The van der Waals surface area contributed by atoms with E-state index in [0.29, 0.717) is 59.9 Å². The molecule has 37 heavy (non-hydrogen) atoms. The number of nitrogens with zero attached hydrogens (tertiary/aromatic N) is 2. The fourth-order valence-electron chi connectivity index (χ4n) is 4.10. The van der Waals surface area contributed by atoms with Gasteiger partial charge in [-0.3, -0.25) is 10.0 Å². The number of benzene rings is 3. The van der Waals surface area contributed by atoms with Gasteiger partial charge in [0, 0.05) is 29.8 Å². The zero-order chi connectivity index (χ0) is 26.0. The van der Waals surface area contributed by atoms with Crippen LogP contribution in [0, 0.1) is 11.8 Å². The molecule has 0 radical (unpaired) electrons. The van der Waals surface area contributed by atoms with E-state index in [0.717, 1.165) is 17.8 Å². The summed E-state index contributed by atoms with van der Waals surface area (Å²) < 4.78 is 44.1. The molecule has 10 heteroatoms. The number of hydrogen-bond donors (Lipinski definition) is 3. The second-order valence-corrected chi connectivity index (χ2v) is 8.42. The minimum Gasteiger partial charge on any atom is -0.378 e. The van der Waals surface area contributed by atoms with E-state index in [1.54, 1.807) is 29.7 Å². The van der Waals surface area contributed by atoms with Crippen LogP contribution in [0.15, 0.2) is 60.7 Å². The maximum Gasteiger partial charge on any atom is 0.416 e. The molecule has 3 aromatic carbocycles. The number of aromatic amines is 1. The number of H-pyrrole nitrogens is 1. The number of morpholine rings is 1. The molecule has 0 atom stereocenters. The minimum atomic E-state index is -4.40. The lowest BCUT2D eigenvalue weighted by molar-refractivity contribution is -0.137. The molecule has 0 spiro atoms. The summed E-state index contributed by atoms with van der Waals surface area (Å²) in [6.07, 6.45) is -4.40. The third-order valence-electron chi connectivity index (χ3n) is 6.00. The first-order chi connectivity index (χ1) is 17.8. The number of carbonyl (C=O) groups is 1. The van der Waals surface area contributed by atoms with Gasteiger partial charge in [0.2, 0.25) is 0 Å². The highest BCUT2D eigenvalue weighted by Crippen LogP contribution is 2.30. The van der Waals surface area contributed by atoms with Gasteiger partial charge in [0.15, 0.2) is 0 Å². The van der Waals surface area contributed by atoms with Crippen molar-refractivity contribution in [3.05, 3.63) is 82.9 Å². The van der Waals surface area contributed by atoms with Gasteiger partial charge in [-0.2, -0.15) is 13.2 Å². The van der Waals surface area contributed by atoms with Gasteiger partial charge in [0.1, 0.15) is 5.82 Å². The number of halogens is 3. The fourth-order valence-corrected chi connectivity index (χ4v) is 4.10. The number of imidazole rings is 1. The summed E-state index contributed by atoms with van der Waals surface area (Å²) >= 11 is 0. The van der Waals surface area contributed by atoms with E-state index in [1.165, 1.54) is 12.1 Å². The van der Waals surface area contributed by atoms with Gasteiger partial charge >= 0.3 is 6.18 Å². The third kappa shape index (κ3) is 5.28. The van der Waals surface area contributed by atoms with Crippen LogP contribution in [0.2, 0.25) is 0 Å². The number of alkyl halides is 3. The van der Waals surface area contributed by atoms with Crippen LogP contribution in [-0.2, 0) is 10.9 Å². The van der Waals surface area contributed by atoms with E-state index in [1.807, 2.05) is 12.1 Å². The van der Waals surface area contributed by atoms with Gasteiger partial charge in [0.25, 0.3) is 5.91 Å². The van der Waals surface area contributed by atoms with Crippen molar-refractivity contribution in [2.24, 2.45) is 0 Å². The number of anilines is 1. The molecule has 0 aliphatic carbocycles. The van der Waals surface area contributed by atoms with E-state index in [-0.39, 0.29) is 5.56 Å². The number of aromatic nitrogens is 2. The van der Waals surface area contributed by atoms with Gasteiger partial charge in [-0.25, -0.2) is 10.5 Å². The first kappa shape index (κ1) is 24.4. The molecular formula is C27H21F3N4O3. The number of amides is 1.